The second kappa shape index (κ2) is 4.24. The van der Waals surface area contributed by atoms with E-state index in [1.54, 1.807) is 0 Å². The highest BCUT2D eigenvalue weighted by Crippen LogP contribution is 2.18. The SMILES string of the molecule is Sc1cc(CCl)ccc1CCl. The van der Waals surface area contributed by atoms with Gasteiger partial charge in [-0.05, 0) is 17.2 Å². The van der Waals surface area contributed by atoms with Gasteiger partial charge in [0.05, 0.1) is 0 Å². The fraction of sp³-hybridized carbons (Fsp3) is 0.250. The van der Waals surface area contributed by atoms with Crippen LogP contribution in [0.3, 0.4) is 0 Å². The van der Waals surface area contributed by atoms with Crippen molar-refractivity contribution in [2.45, 2.75) is 16.7 Å². The Balaban J connectivity index is 2.99. The topological polar surface area (TPSA) is 0 Å². The minimum atomic E-state index is 0.501. The lowest BCUT2D eigenvalue weighted by Gasteiger charge is -2.01. The quantitative estimate of drug-likeness (QED) is 0.557. The number of benzene rings is 1. The van der Waals surface area contributed by atoms with Crippen molar-refractivity contribution in [2.75, 3.05) is 0 Å². The Morgan fingerprint density at radius 2 is 1.91 bits per heavy atom. The Morgan fingerprint density at radius 3 is 2.36 bits per heavy atom. The van der Waals surface area contributed by atoms with Gasteiger partial charge in [0.2, 0.25) is 0 Å². The van der Waals surface area contributed by atoms with Gasteiger partial charge in [0.25, 0.3) is 0 Å². The molecule has 1 aromatic carbocycles. The highest BCUT2D eigenvalue weighted by molar-refractivity contribution is 7.80. The Hall–Kier alpha value is 0.150. The molecule has 1 aromatic rings. The van der Waals surface area contributed by atoms with Crippen LogP contribution in [0.1, 0.15) is 11.1 Å². The zero-order valence-corrected chi connectivity index (χ0v) is 8.26. The monoisotopic (exact) mass is 206 g/mol. The predicted molar refractivity (Wildman–Crippen MR) is 52.8 cm³/mol. The Kier molecular flexibility index (Phi) is 3.57. The largest absolute Gasteiger partial charge is 0.143 e. The van der Waals surface area contributed by atoms with Crippen LogP contribution in [0.5, 0.6) is 0 Å². The maximum Gasteiger partial charge on any atom is 0.0485 e. The molecule has 0 heterocycles. The highest BCUT2D eigenvalue weighted by Gasteiger charge is 1.97. The molecule has 0 saturated carbocycles. The molecule has 0 aliphatic heterocycles. The van der Waals surface area contributed by atoms with Gasteiger partial charge in [-0.2, -0.15) is 0 Å². The summed E-state index contributed by atoms with van der Waals surface area (Å²) in [6, 6.07) is 5.85. The van der Waals surface area contributed by atoms with Crippen LogP contribution >= 0.6 is 35.8 Å². The molecule has 0 amide bonds. The van der Waals surface area contributed by atoms with Crippen molar-refractivity contribution < 1.29 is 0 Å². The summed E-state index contributed by atoms with van der Waals surface area (Å²) >= 11 is 15.5. The van der Waals surface area contributed by atoms with Crippen molar-refractivity contribution in [3.05, 3.63) is 29.3 Å². The number of hydrogen-bond donors (Lipinski definition) is 1. The van der Waals surface area contributed by atoms with Crippen molar-refractivity contribution in [2.24, 2.45) is 0 Å². The van der Waals surface area contributed by atoms with Crippen LogP contribution in [0.4, 0.5) is 0 Å². The molecule has 0 saturated heterocycles. The lowest BCUT2D eigenvalue weighted by Crippen LogP contribution is -1.83. The molecule has 0 bridgehead atoms. The lowest BCUT2D eigenvalue weighted by molar-refractivity contribution is 1.22. The van der Waals surface area contributed by atoms with E-state index in [4.69, 9.17) is 23.2 Å². The normalized spacial score (nSPS) is 10.1. The van der Waals surface area contributed by atoms with Crippen molar-refractivity contribution >= 4 is 35.8 Å². The van der Waals surface area contributed by atoms with E-state index in [9.17, 15) is 0 Å². The summed E-state index contributed by atoms with van der Waals surface area (Å²) in [6.45, 7) is 0. The van der Waals surface area contributed by atoms with E-state index >= 15 is 0 Å². The van der Waals surface area contributed by atoms with E-state index in [0.717, 1.165) is 16.0 Å². The van der Waals surface area contributed by atoms with E-state index in [0.29, 0.717) is 11.8 Å². The molecule has 0 nitrogen and oxygen atoms in total. The summed E-state index contributed by atoms with van der Waals surface area (Å²) in [5.74, 6) is 1.03. The summed E-state index contributed by atoms with van der Waals surface area (Å²) in [5.41, 5.74) is 2.12. The molecule has 60 valence electrons. The maximum atomic E-state index is 5.65. The third kappa shape index (κ3) is 2.29. The van der Waals surface area contributed by atoms with Gasteiger partial charge >= 0.3 is 0 Å². The van der Waals surface area contributed by atoms with E-state index < -0.39 is 0 Å². The molecule has 0 aromatic heterocycles. The summed E-state index contributed by atoms with van der Waals surface area (Å²) in [6.07, 6.45) is 0. The zero-order valence-electron chi connectivity index (χ0n) is 5.85. The van der Waals surface area contributed by atoms with Gasteiger partial charge in [-0.3, -0.25) is 0 Å². The molecule has 0 aliphatic carbocycles. The highest BCUT2D eigenvalue weighted by atomic mass is 35.5. The molecule has 0 radical (unpaired) electrons. The average molecular weight is 207 g/mol. The number of rotatable bonds is 2. The lowest BCUT2D eigenvalue weighted by atomic mass is 10.2. The van der Waals surface area contributed by atoms with Gasteiger partial charge in [0, 0.05) is 16.7 Å². The first-order chi connectivity index (χ1) is 5.27. The van der Waals surface area contributed by atoms with Crippen molar-refractivity contribution in [3.8, 4) is 0 Å². The van der Waals surface area contributed by atoms with Gasteiger partial charge in [0.15, 0.2) is 0 Å². The number of thiol groups is 1. The van der Waals surface area contributed by atoms with Crippen molar-refractivity contribution in [3.63, 3.8) is 0 Å². The molecule has 1 rings (SSSR count). The van der Waals surface area contributed by atoms with Gasteiger partial charge in [-0.25, -0.2) is 0 Å². The first kappa shape index (κ1) is 9.24. The van der Waals surface area contributed by atoms with Gasteiger partial charge < -0.3 is 0 Å². The smallest absolute Gasteiger partial charge is 0.0485 e. The molecule has 0 N–H and O–H groups in total. The van der Waals surface area contributed by atoms with E-state index in [1.165, 1.54) is 0 Å². The molecule has 0 aliphatic rings. The van der Waals surface area contributed by atoms with Crippen LogP contribution < -0.4 is 0 Å². The third-order valence-electron chi connectivity index (χ3n) is 1.45. The van der Waals surface area contributed by atoms with Crippen LogP contribution in [-0.4, -0.2) is 0 Å². The van der Waals surface area contributed by atoms with Gasteiger partial charge in [0.1, 0.15) is 0 Å². The van der Waals surface area contributed by atoms with E-state index in [2.05, 4.69) is 12.6 Å². The standard InChI is InChI=1S/C8H8Cl2S/c9-4-6-1-2-7(5-10)8(11)3-6/h1-3,11H,4-5H2. The maximum absolute atomic E-state index is 5.65. The molecular weight excluding hydrogens is 199 g/mol. The summed E-state index contributed by atoms with van der Waals surface area (Å²) in [4.78, 5) is 0.915. The molecule has 0 unspecified atom stereocenters. The first-order valence-corrected chi connectivity index (χ1v) is 4.72. The van der Waals surface area contributed by atoms with Crippen LogP contribution in [0, 0.1) is 0 Å². The van der Waals surface area contributed by atoms with Crippen LogP contribution in [0.15, 0.2) is 23.1 Å². The summed E-state index contributed by atoms with van der Waals surface area (Å²) in [7, 11) is 0. The number of alkyl halides is 2. The fourth-order valence-corrected chi connectivity index (χ4v) is 1.62. The average Bonchev–Trinajstić information content (AvgIpc) is 2.04. The Bertz CT molecular complexity index is 248. The fourth-order valence-electron chi connectivity index (χ4n) is 0.806. The molecule has 0 fully saturated rings. The van der Waals surface area contributed by atoms with Gasteiger partial charge in [-0.1, -0.05) is 12.1 Å². The van der Waals surface area contributed by atoms with Gasteiger partial charge in [-0.15, -0.1) is 35.8 Å². The minimum Gasteiger partial charge on any atom is -0.143 e. The van der Waals surface area contributed by atoms with Crippen molar-refractivity contribution in [1.29, 1.82) is 0 Å². The minimum absolute atomic E-state index is 0.501. The second-order valence-electron chi connectivity index (χ2n) is 2.23. The molecular formula is C8H8Cl2S. The Morgan fingerprint density at radius 1 is 1.18 bits per heavy atom. The molecule has 0 atom stereocenters. The first-order valence-electron chi connectivity index (χ1n) is 3.20. The molecule has 0 spiro atoms. The van der Waals surface area contributed by atoms with Crippen LogP contribution in [-0.2, 0) is 11.8 Å². The summed E-state index contributed by atoms with van der Waals surface area (Å²) < 4.78 is 0. The van der Waals surface area contributed by atoms with Crippen LogP contribution in [0.25, 0.3) is 0 Å². The predicted octanol–water partition coefficient (Wildman–Crippen LogP) is 3.45. The number of halogens is 2. The molecule has 11 heavy (non-hydrogen) atoms. The third-order valence-corrected chi connectivity index (χ3v) is 2.46. The second-order valence-corrected chi connectivity index (χ2v) is 3.25. The summed E-state index contributed by atoms with van der Waals surface area (Å²) in [5, 5.41) is 0. The van der Waals surface area contributed by atoms with Crippen molar-refractivity contribution in [1.82, 2.24) is 0 Å². The molecule has 3 heteroatoms. The van der Waals surface area contributed by atoms with E-state index in [1.807, 2.05) is 18.2 Å². The van der Waals surface area contributed by atoms with E-state index in [-0.39, 0.29) is 0 Å². The van der Waals surface area contributed by atoms with Crippen LogP contribution in [0.2, 0.25) is 0 Å². The number of hydrogen-bond acceptors (Lipinski definition) is 1. The zero-order chi connectivity index (χ0) is 8.27. The Labute approximate surface area is 81.9 Å².